The Morgan fingerprint density at radius 2 is 2.14 bits per heavy atom. The Hall–Kier alpha value is -2.30. The van der Waals surface area contributed by atoms with Crippen molar-refractivity contribution >= 4 is 26.8 Å². The molecule has 10 heteroatoms. The van der Waals surface area contributed by atoms with Crippen LogP contribution in [0, 0.1) is 0 Å². The Labute approximate surface area is 169 Å². The molecule has 3 rings (SSSR count). The molecule has 1 amide bonds. The first-order valence-electron chi connectivity index (χ1n) is 9.61. The number of hydrogen-bond donors (Lipinski definition) is 1. The van der Waals surface area contributed by atoms with E-state index in [4.69, 9.17) is 4.74 Å². The van der Waals surface area contributed by atoms with Crippen molar-refractivity contribution in [2.45, 2.75) is 43.7 Å². The second kappa shape index (κ2) is 9.02. The summed E-state index contributed by atoms with van der Waals surface area (Å²) in [6.07, 6.45) is 4.05. The molecule has 9 nitrogen and oxygen atoms in total. The van der Waals surface area contributed by atoms with Crippen LogP contribution in [0.5, 0.6) is 0 Å². The van der Waals surface area contributed by atoms with Gasteiger partial charge < -0.3 is 10.1 Å². The third-order valence-electron chi connectivity index (χ3n) is 5.11. The van der Waals surface area contributed by atoms with Gasteiger partial charge in [0, 0.05) is 37.8 Å². The highest BCUT2D eigenvalue weighted by molar-refractivity contribution is 7.89. The largest absolute Gasteiger partial charge is 0.383 e. The number of ether oxygens (including phenoxy) is 1. The number of benzene rings is 1. The van der Waals surface area contributed by atoms with Crippen molar-refractivity contribution < 1.29 is 17.9 Å². The molecule has 2 heterocycles. The van der Waals surface area contributed by atoms with Crippen LogP contribution in [0.4, 0.5) is 0 Å². The first kappa shape index (κ1) is 21.4. The molecule has 0 spiro atoms. The molecule has 1 aromatic heterocycles. The zero-order valence-corrected chi connectivity index (χ0v) is 17.4. The normalized spacial score (nSPS) is 18.1. The highest BCUT2D eigenvalue weighted by atomic mass is 32.2. The van der Waals surface area contributed by atoms with E-state index >= 15 is 0 Å². The number of piperidine rings is 1. The summed E-state index contributed by atoms with van der Waals surface area (Å²) in [5.41, 5.74) is -0.114. The van der Waals surface area contributed by atoms with Crippen LogP contribution in [-0.2, 0) is 26.1 Å². The van der Waals surface area contributed by atoms with Gasteiger partial charge >= 0.3 is 5.69 Å². The van der Waals surface area contributed by atoms with Crippen LogP contribution < -0.4 is 11.0 Å². The molecule has 1 aliphatic rings. The lowest BCUT2D eigenvalue weighted by Gasteiger charge is -2.32. The fourth-order valence-electron chi connectivity index (χ4n) is 3.55. The maximum atomic E-state index is 13.1. The number of aromatic nitrogens is 2. The van der Waals surface area contributed by atoms with Crippen molar-refractivity contribution in [2.24, 2.45) is 0 Å². The van der Waals surface area contributed by atoms with Gasteiger partial charge in [0.05, 0.1) is 17.0 Å². The highest BCUT2D eigenvalue weighted by Crippen LogP contribution is 2.26. The van der Waals surface area contributed by atoms with E-state index in [1.165, 1.54) is 34.3 Å². The van der Waals surface area contributed by atoms with Crippen molar-refractivity contribution in [1.29, 1.82) is 0 Å². The Morgan fingerprint density at radius 3 is 2.86 bits per heavy atom. The molecule has 1 unspecified atom stereocenters. The summed E-state index contributed by atoms with van der Waals surface area (Å²) in [7, 11) is -2.11. The molecule has 1 aromatic carbocycles. The SMILES string of the molecule is COCCNC(=O)Cn1c(=O)ncc2cc(S(=O)(=O)N3CCCCC3C)ccc21. The predicted octanol–water partition coefficient (Wildman–Crippen LogP) is 0.722. The number of amides is 1. The van der Waals surface area contributed by atoms with Crippen LogP contribution in [-0.4, -0.2) is 61.0 Å². The maximum Gasteiger partial charge on any atom is 0.348 e. The fourth-order valence-corrected chi connectivity index (χ4v) is 5.28. The van der Waals surface area contributed by atoms with Crippen LogP contribution in [0.25, 0.3) is 10.9 Å². The van der Waals surface area contributed by atoms with E-state index in [-0.39, 0.29) is 23.4 Å². The number of nitrogens with one attached hydrogen (secondary N) is 1. The highest BCUT2D eigenvalue weighted by Gasteiger charge is 2.31. The number of carbonyl (C=O) groups excluding carboxylic acids is 1. The standard InChI is InChI=1S/C19H26N4O5S/c1-14-5-3-4-9-23(14)29(26,27)16-6-7-17-15(11-16)12-21-19(25)22(17)13-18(24)20-8-10-28-2/h6-7,11-12,14H,3-5,8-10,13H2,1-2H3,(H,20,24). The summed E-state index contributed by atoms with van der Waals surface area (Å²) < 4.78 is 33.8. The lowest BCUT2D eigenvalue weighted by Crippen LogP contribution is -2.41. The molecule has 1 saturated heterocycles. The van der Waals surface area contributed by atoms with E-state index in [9.17, 15) is 18.0 Å². The Morgan fingerprint density at radius 1 is 1.34 bits per heavy atom. The van der Waals surface area contributed by atoms with Gasteiger partial charge in [-0.3, -0.25) is 9.36 Å². The summed E-state index contributed by atoms with van der Waals surface area (Å²) in [5, 5.41) is 3.14. The molecule has 158 valence electrons. The van der Waals surface area contributed by atoms with Gasteiger partial charge in [-0.1, -0.05) is 6.42 Å². The topological polar surface area (TPSA) is 111 Å². The van der Waals surface area contributed by atoms with Crippen molar-refractivity contribution in [3.05, 3.63) is 34.9 Å². The molecular weight excluding hydrogens is 396 g/mol. The summed E-state index contributed by atoms with van der Waals surface area (Å²) in [6.45, 7) is 2.91. The Bertz CT molecular complexity index is 1050. The van der Waals surface area contributed by atoms with Gasteiger partial charge in [0.25, 0.3) is 0 Å². The van der Waals surface area contributed by atoms with Gasteiger partial charge in [-0.25, -0.2) is 18.2 Å². The lowest BCUT2D eigenvalue weighted by atomic mass is 10.1. The van der Waals surface area contributed by atoms with E-state index < -0.39 is 15.7 Å². The molecule has 0 saturated carbocycles. The molecular formula is C19H26N4O5S. The number of nitrogens with zero attached hydrogens (tertiary/aromatic N) is 3. The predicted molar refractivity (Wildman–Crippen MR) is 108 cm³/mol. The van der Waals surface area contributed by atoms with Gasteiger partial charge in [-0.2, -0.15) is 4.31 Å². The minimum atomic E-state index is -3.64. The molecule has 1 atom stereocenters. The van der Waals surface area contributed by atoms with Crippen LogP contribution in [0.2, 0.25) is 0 Å². The number of rotatable bonds is 7. The average Bonchev–Trinajstić information content (AvgIpc) is 2.70. The second-order valence-electron chi connectivity index (χ2n) is 7.15. The molecule has 1 fully saturated rings. The lowest BCUT2D eigenvalue weighted by molar-refractivity contribution is -0.121. The quantitative estimate of drug-likeness (QED) is 0.659. The zero-order valence-electron chi connectivity index (χ0n) is 16.6. The van der Waals surface area contributed by atoms with Crippen molar-refractivity contribution in [3.8, 4) is 0 Å². The summed E-state index contributed by atoms with van der Waals surface area (Å²) in [6, 6.07) is 4.50. The first-order chi connectivity index (χ1) is 13.8. The number of hydrogen-bond acceptors (Lipinski definition) is 6. The average molecular weight is 423 g/mol. The molecule has 0 radical (unpaired) electrons. The van der Waals surface area contributed by atoms with Crippen molar-refractivity contribution in [2.75, 3.05) is 26.8 Å². The van der Waals surface area contributed by atoms with E-state index in [0.29, 0.717) is 30.6 Å². The van der Waals surface area contributed by atoms with Gasteiger partial charge in [-0.05, 0) is 38.0 Å². The Balaban J connectivity index is 1.92. The Kier molecular flexibility index (Phi) is 6.66. The maximum absolute atomic E-state index is 13.1. The fraction of sp³-hybridized carbons (Fsp3) is 0.526. The molecule has 0 bridgehead atoms. The van der Waals surface area contributed by atoms with Gasteiger partial charge in [0.15, 0.2) is 0 Å². The molecule has 1 aliphatic heterocycles. The van der Waals surface area contributed by atoms with E-state index in [2.05, 4.69) is 10.3 Å². The minimum absolute atomic E-state index is 0.0488. The van der Waals surface area contributed by atoms with Gasteiger partial charge in [0.2, 0.25) is 15.9 Å². The first-order valence-corrected chi connectivity index (χ1v) is 11.1. The van der Waals surface area contributed by atoms with Crippen LogP contribution in [0.3, 0.4) is 0 Å². The van der Waals surface area contributed by atoms with Crippen LogP contribution in [0.15, 0.2) is 34.1 Å². The van der Waals surface area contributed by atoms with Crippen molar-refractivity contribution in [1.82, 2.24) is 19.2 Å². The number of sulfonamides is 1. The van der Waals surface area contributed by atoms with Crippen molar-refractivity contribution in [3.63, 3.8) is 0 Å². The smallest absolute Gasteiger partial charge is 0.348 e. The monoisotopic (exact) mass is 422 g/mol. The van der Waals surface area contributed by atoms with E-state index in [1.54, 1.807) is 6.07 Å². The van der Waals surface area contributed by atoms with E-state index in [0.717, 1.165) is 19.3 Å². The van der Waals surface area contributed by atoms with E-state index in [1.807, 2.05) is 6.92 Å². The third kappa shape index (κ3) is 4.65. The van der Waals surface area contributed by atoms with Gasteiger partial charge in [0.1, 0.15) is 6.54 Å². The van der Waals surface area contributed by atoms with Crippen LogP contribution >= 0.6 is 0 Å². The third-order valence-corrected chi connectivity index (χ3v) is 7.12. The summed E-state index contributed by atoms with van der Waals surface area (Å²) in [4.78, 5) is 28.3. The summed E-state index contributed by atoms with van der Waals surface area (Å²) in [5.74, 6) is -0.350. The molecule has 1 N–H and O–H groups in total. The molecule has 2 aromatic rings. The van der Waals surface area contributed by atoms with Crippen LogP contribution in [0.1, 0.15) is 26.2 Å². The number of methoxy groups -OCH3 is 1. The number of fused-ring (bicyclic) bond motifs is 1. The number of carbonyl (C=O) groups is 1. The molecule has 29 heavy (non-hydrogen) atoms. The minimum Gasteiger partial charge on any atom is -0.383 e. The summed E-state index contributed by atoms with van der Waals surface area (Å²) >= 11 is 0. The zero-order chi connectivity index (χ0) is 21.0. The molecule has 0 aliphatic carbocycles. The second-order valence-corrected chi connectivity index (χ2v) is 9.04. The van der Waals surface area contributed by atoms with Gasteiger partial charge in [-0.15, -0.1) is 0 Å².